The second-order valence-electron chi connectivity index (χ2n) is 9.23. The summed E-state index contributed by atoms with van der Waals surface area (Å²) in [4.78, 5) is 25.3. The monoisotopic (exact) mass is 330 g/mol. The summed E-state index contributed by atoms with van der Waals surface area (Å²) >= 11 is 0. The van der Waals surface area contributed by atoms with Crippen LogP contribution in [0.1, 0.15) is 41.5 Å². The lowest BCUT2D eigenvalue weighted by molar-refractivity contribution is -0.128. The molecule has 0 unspecified atom stereocenters. The van der Waals surface area contributed by atoms with Crippen molar-refractivity contribution >= 4 is 28.0 Å². The standard InChI is InChI=1S/C15H34N2O2Si2/c1-13(2,3)20(7,8)15(11(16)18,12(17)19)21(9,10)14(4,5)6/h1-10H3,(H2,16,18)(H2,17,19). The van der Waals surface area contributed by atoms with Crippen molar-refractivity contribution in [3.05, 3.63) is 0 Å². The lowest BCUT2D eigenvalue weighted by atomic mass is 10.2. The van der Waals surface area contributed by atoms with E-state index < -0.39 is 32.6 Å². The van der Waals surface area contributed by atoms with Gasteiger partial charge in [0.05, 0.1) is 16.1 Å². The molecule has 124 valence electrons. The summed E-state index contributed by atoms with van der Waals surface area (Å²) in [6.07, 6.45) is 0. The molecule has 0 heterocycles. The van der Waals surface area contributed by atoms with Crippen LogP contribution in [-0.2, 0) is 9.59 Å². The maximum Gasteiger partial charge on any atom is 0.227 e. The molecule has 2 amide bonds. The van der Waals surface area contributed by atoms with Gasteiger partial charge in [-0.05, 0) is 10.1 Å². The summed E-state index contributed by atoms with van der Waals surface area (Å²) in [5.41, 5.74) is 11.7. The number of carbonyl (C=O) groups excluding carboxylic acids is 2. The minimum absolute atomic E-state index is 0.160. The first-order valence-corrected chi connectivity index (χ1v) is 13.5. The summed E-state index contributed by atoms with van der Waals surface area (Å²) in [6, 6.07) is 0. The van der Waals surface area contributed by atoms with E-state index in [4.69, 9.17) is 11.5 Å². The molecule has 0 aromatic heterocycles. The second kappa shape index (κ2) is 5.23. The molecule has 0 atom stereocenters. The second-order valence-corrected chi connectivity index (χ2v) is 20.7. The maximum absolute atomic E-state index is 12.6. The van der Waals surface area contributed by atoms with E-state index in [0.29, 0.717) is 0 Å². The van der Waals surface area contributed by atoms with Crippen molar-refractivity contribution in [1.29, 1.82) is 0 Å². The highest BCUT2D eigenvalue weighted by Gasteiger charge is 2.70. The Bertz CT molecular complexity index is 402. The van der Waals surface area contributed by atoms with Gasteiger partial charge in [-0.25, -0.2) is 0 Å². The molecule has 4 N–H and O–H groups in total. The minimum atomic E-state index is -2.44. The highest BCUT2D eigenvalue weighted by atomic mass is 28.4. The maximum atomic E-state index is 12.6. The van der Waals surface area contributed by atoms with E-state index in [1.165, 1.54) is 0 Å². The van der Waals surface area contributed by atoms with Crippen molar-refractivity contribution < 1.29 is 9.59 Å². The van der Waals surface area contributed by atoms with E-state index in [0.717, 1.165) is 0 Å². The van der Waals surface area contributed by atoms with Gasteiger partial charge in [0.15, 0.2) is 0 Å². The smallest absolute Gasteiger partial charge is 0.227 e. The molecule has 6 heteroatoms. The van der Waals surface area contributed by atoms with Crippen LogP contribution in [0.15, 0.2) is 0 Å². The third-order valence-electron chi connectivity index (χ3n) is 6.36. The Morgan fingerprint density at radius 2 is 0.857 bits per heavy atom. The van der Waals surface area contributed by atoms with Crippen molar-refractivity contribution in [1.82, 2.24) is 0 Å². The molecule has 0 bridgehead atoms. The van der Waals surface area contributed by atoms with Crippen LogP contribution in [0.4, 0.5) is 0 Å². The Labute approximate surface area is 132 Å². The normalized spacial score (nSPS) is 15.0. The summed E-state index contributed by atoms with van der Waals surface area (Å²) in [5.74, 6) is -1.04. The van der Waals surface area contributed by atoms with Gasteiger partial charge >= 0.3 is 0 Å². The number of nitrogens with two attached hydrogens (primary N) is 2. The number of hydrogen-bond donors (Lipinski definition) is 2. The van der Waals surface area contributed by atoms with Crippen LogP contribution < -0.4 is 11.5 Å². The van der Waals surface area contributed by atoms with E-state index in [1.54, 1.807) is 0 Å². The predicted octanol–water partition coefficient (Wildman–Crippen LogP) is 3.25. The third-order valence-corrected chi connectivity index (χ3v) is 22.3. The lowest BCUT2D eigenvalue weighted by Crippen LogP contribution is -2.73. The fraction of sp³-hybridized carbons (Fsp3) is 0.867. The Hall–Kier alpha value is -0.626. The molecule has 0 aromatic rings. The van der Waals surface area contributed by atoms with Crippen LogP contribution in [0.2, 0.25) is 40.9 Å². The molecule has 4 nitrogen and oxygen atoms in total. The van der Waals surface area contributed by atoms with Gasteiger partial charge < -0.3 is 11.5 Å². The predicted molar refractivity (Wildman–Crippen MR) is 95.5 cm³/mol. The molecule has 0 saturated carbocycles. The largest absolute Gasteiger partial charge is 0.369 e. The summed E-state index contributed by atoms with van der Waals surface area (Å²) in [5, 5.41) is -0.320. The molecule has 0 aliphatic carbocycles. The minimum Gasteiger partial charge on any atom is -0.369 e. The number of primary amides is 2. The first kappa shape index (κ1) is 20.4. The van der Waals surface area contributed by atoms with Gasteiger partial charge in [0.2, 0.25) is 11.8 Å². The van der Waals surface area contributed by atoms with Crippen LogP contribution in [0.3, 0.4) is 0 Å². The van der Waals surface area contributed by atoms with E-state index in [-0.39, 0.29) is 10.1 Å². The van der Waals surface area contributed by atoms with Gasteiger partial charge in [-0.3, -0.25) is 9.59 Å². The van der Waals surface area contributed by atoms with Gasteiger partial charge in [0.1, 0.15) is 4.66 Å². The molecular formula is C15H34N2O2Si2. The van der Waals surface area contributed by atoms with Crippen LogP contribution >= 0.6 is 0 Å². The molecule has 0 spiro atoms. The first-order chi connectivity index (χ1) is 8.89. The summed E-state index contributed by atoms with van der Waals surface area (Å²) in [7, 11) is -4.89. The quantitative estimate of drug-likeness (QED) is 0.612. The Kier molecular flexibility index (Phi) is 5.07. The number of carbonyl (C=O) groups is 2. The fourth-order valence-electron chi connectivity index (χ4n) is 3.26. The van der Waals surface area contributed by atoms with Crippen molar-refractivity contribution in [3.8, 4) is 0 Å². The highest BCUT2D eigenvalue weighted by molar-refractivity contribution is 7.09. The van der Waals surface area contributed by atoms with Crippen molar-refractivity contribution in [2.24, 2.45) is 11.5 Å². The molecular weight excluding hydrogens is 296 g/mol. The van der Waals surface area contributed by atoms with Crippen LogP contribution in [0.25, 0.3) is 0 Å². The molecule has 0 rings (SSSR count). The highest BCUT2D eigenvalue weighted by Crippen LogP contribution is 2.61. The van der Waals surface area contributed by atoms with Crippen molar-refractivity contribution in [2.45, 2.75) is 82.5 Å². The number of hydrogen-bond acceptors (Lipinski definition) is 2. The molecule has 0 radical (unpaired) electrons. The zero-order valence-electron chi connectivity index (χ0n) is 15.5. The van der Waals surface area contributed by atoms with E-state index in [2.05, 4.69) is 67.7 Å². The van der Waals surface area contributed by atoms with Crippen molar-refractivity contribution in [3.63, 3.8) is 0 Å². The average molecular weight is 331 g/mol. The third kappa shape index (κ3) is 2.61. The summed E-state index contributed by atoms with van der Waals surface area (Å²) in [6.45, 7) is 20.9. The van der Waals surface area contributed by atoms with Crippen LogP contribution in [0.5, 0.6) is 0 Å². The number of rotatable bonds is 4. The van der Waals surface area contributed by atoms with Crippen LogP contribution in [-0.4, -0.2) is 28.0 Å². The zero-order valence-corrected chi connectivity index (χ0v) is 17.5. The van der Waals surface area contributed by atoms with Gasteiger partial charge in [0, 0.05) is 0 Å². The van der Waals surface area contributed by atoms with Gasteiger partial charge in [-0.15, -0.1) is 0 Å². The van der Waals surface area contributed by atoms with E-state index in [1.807, 2.05) is 0 Å². The fourth-order valence-corrected chi connectivity index (χ4v) is 16.5. The average Bonchev–Trinajstić information content (AvgIpc) is 2.11. The molecule has 21 heavy (non-hydrogen) atoms. The number of amides is 2. The van der Waals surface area contributed by atoms with E-state index in [9.17, 15) is 9.59 Å². The van der Waals surface area contributed by atoms with Crippen molar-refractivity contribution in [2.75, 3.05) is 0 Å². The Balaban J connectivity index is 6.88. The summed E-state index contributed by atoms with van der Waals surface area (Å²) < 4.78 is -1.18. The molecule has 0 fully saturated rings. The molecule has 0 saturated heterocycles. The van der Waals surface area contributed by atoms with Gasteiger partial charge in [-0.1, -0.05) is 67.7 Å². The SMILES string of the molecule is CC(C)(C)[Si](C)(C)C(C(N)=O)(C(N)=O)[Si](C)(C)C(C)(C)C. The lowest BCUT2D eigenvalue weighted by Gasteiger charge is -2.58. The van der Waals surface area contributed by atoms with Gasteiger partial charge in [0.25, 0.3) is 0 Å². The zero-order chi connectivity index (χ0) is 17.7. The van der Waals surface area contributed by atoms with Gasteiger partial charge in [-0.2, -0.15) is 0 Å². The molecule has 0 aliphatic heterocycles. The Morgan fingerprint density at radius 1 is 0.667 bits per heavy atom. The topological polar surface area (TPSA) is 86.2 Å². The molecule has 0 aliphatic rings. The molecule has 0 aromatic carbocycles. The van der Waals surface area contributed by atoms with E-state index >= 15 is 0 Å². The first-order valence-electron chi connectivity index (χ1n) is 7.49. The Morgan fingerprint density at radius 3 is 0.952 bits per heavy atom. The van der Waals surface area contributed by atoms with Crippen LogP contribution in [0, 0.1) is 0 Å².